The minimum absolute atomic E-state index is 0.00670. The number of nitrogens with one attached hydrogen (secondary N) is 2. The van der Waals surface area contributed by atoms with Crippen molar-refractivity contribution in [1.82, 2.24) is 20.4 Å². The number of carbonyl (C=O) groups excluding carboxylic acids is 4. The zero-order valence-corrected chi connectivity index (χ0v) is 27.7. The molecule has 1 aliphatic heterocycles. The number of carbonyl (C=O) groups is 4. The quantitative estimate of drug-likeness (QED) is 0.279. The second-order valence-corrected chi connectivity index (χ2v) is 12.9. The van der Waals surface area contributed by atoms with E-state index in [2.05, 4.69) is 36.6 Å². The summed E-state index contributed by atoms with van der Waals surface area (Å²) in [5.41, 5.74) is 1.18. The molecule has 1 aromatic carbocycles. The van der Waals surface area contributed by atoms with Crippen LogP contribution in [0.1, 0.15) is 85.6 Å². The van der Waals surface area contributed by atoms with Crippen LogP contribution in [0, 0.1) is 17.8 Å². The lowest BCUT2D eigenvalue weighted by Gasteiger charge is -2.38. The number of nitrogens with zero attached hydrogens (tertiary/aromatic N) is 2. The average molecular weight is 601 g/mol. The molecule has 0 radical (unpaired) electrons. The van der Waals surface area contributed by atoms with E-state index in [9.17, 15) is 19.2 Å². The van der Waals surface area contributed by atoms with Gasteiger partial charge in [0.1, 0.15) is 0 Å². The van der Waals surface area contributed by atoms with Gasteiger partial charge in [0.2, 0.25) is 23.6 Å². The molecule has 0 spiro atoms. The Kier molecular flexibility index (Phi) is 15.2. The van der Waals surface area contributed by atoms with Gasteiger partial charge in [-0.15, -0.1) is 0 Å². The summed E-state index contributed by atoms with van der Waals surface area (Å²) in [6.07, 6.45) is 3.96. The Balaban J connectivity index is 2.00. The summed E-state index contributed by atoms with van der Waals surface area (Å²) in [5, 5.41) is 5.87. The van der Waals surface area contributed by atoms with Crippen LogP contribution in [0.15, 0.2) is 30.3 Å². The molecule has 9 nitrogen and oxygen atoms in total. The molecule has 9 heteroatoms. The molecule has 0 saturated carbocycles. The predicted octanol–water partition coefficient (Wildman–Crippen LogP) is 4.19. The van der Waals surface area contributed by atoms with Crippen LogP contribution in [0.3, 0.4) is 0 Å². The second-order valence-electron chi connectivity index (χ2n) is 12.9. The Hall–Kier alpha value is -2.94. The molecule has 0 aliphatic carbocycles. The van der Waals surface area contributed by atoms with Crippen LogP contribution in [0.25, 0.3) is 0 Å². The van der Waals surface area contributed by atoms with E-state index in [0.717, 1.165) is 25.7 Å². The number of likely N-dealkylation sites (N-methyl/N-ethyl adjacent to an activating group) is 1. The van der Waals surface area contributed by atoms with Gasteiger partial charge in [-0.2, -0.15) is 0 Å². The smallest absolute Gasteiger partial charge is 0.242 e. The first kappa shape index (κ1) is 36.3. The maximum Gasteiger partial charge on any atom is 0.242 e. The van der Waals surface area contributed by atoms with Crippen LogP contribution < -0.4 is 10.6 Å². The van der Waals surface area contributed by atoms with Crippen molar-refractivity contribution in [2.75, 3.05) is 27.2 Å². The van der Waals surface area contributed by atoms with Gasteiger partial charge < -0.3 is 25.2 Å². The predicted molar refractivity (Wildman–Crippen MR) is 170 cm³/mol. The zero-order chi connectivity index (χ0) is 32.1. The molecule has 1 fully saturated rings. The molecular weight excluding hydrogens is 544 g/mol. The number of amides is 4. The van der Waals surface area contributed by atoms with Gasteiger partial charge >= 0.3 is 0 Å². The van der Waals surface area contributed by atoms with Crippen molar-refractivity contribution in [2.45, 2.75) is 111 Å². The molecular formula is C34H56N4O5. The van der Waals surface area contributed by atoms with Crippen molar-refractivity contribution >= 4 is 23.6 Å². The lowest BCUT2D eigenvalue weighted by molar-refractivity contribution is -0.143. The fourth-order valence-electron chi connectivity index (χ4n) is 6.11. The van der Waals surface area contributed by atoms with Crippen molar-refractivity contribution in [3.05, 3.63) is 35.9 Å². The summed E-state index contributed by atoms with van der Waals surface area (Å²) >= 11 is 0. The second kappa shape index (κ2) is 18.0. The number of hydrogen-bond acceptors (Lipinski definition) is 5. The Morgan fingerprint density at radius 3 is 2.33 bits per heavy atom. The maximum absolute atomic E-state index is 13.7. The number of likely N-dealkylation sites (tertiary alicyclic amines) is 1. The number of ether oxygens (including phenoxy) is 1. The van der Waals surface area contributed by atoms with Crippen LogP contribution >= 0.6 is 0 Å². The summed E-state index contributed by atoms with van der Waals surface area (Å²) < 4.78 is 5.87. The number of methoxy groups -OCH3 is 1. The average Bonchev–Trinajstić information content (AvgIpc) is 3.43. The summed E-state index contributed by atoms with van der Waals surface area (Å²) in [6, 6.07) is 9.79. The highest BCUT2D eigenvalue weighted by Crippen LogP contribution is 2.27. The fraction of sp³-hybridized carbons (Fsp3) is 0.706. The minimum Gasteiger partial charge on any atom is -0.379 e. The van der Waals surface area contributed by atoms with Gasteiger partial charge in [-0.25, -0.2) is 0 Å². The van der Waals surface area contributed by atoms with Crippen molar-refractivity contribution in [2.24, 2.45) is 17.8 Å². The van der Waals surface area contributed by atoms with Gasteiger partial charge in [0.25, 0.3) is 0 Å². The molecule has 6 atom stereocenters. The third-order valence-corrected chi connectivity index (χ3v) is 8.70. The van der Waals surface area contributed by atoms with Crippen molar-refractivity contribution < 1.29 is 23.9 Å². The molecule has 1 aromatic rings. The molecule has 43 heavy (non-hydrogen) atoms. The summed E-state index contributed by atoms with van der Waals surface area (Å²) in [7, 11) is 3.31. The SMILES string of the molecule is CCC(C)C(C(CC(=O)N1CCC[C@H]1CC(C)C(=O)N[C@H](C)Cc1ccccc1)OC)N(C)C(=O)CNC(=O)CC(C)C. The lowest BCUT2D eigenvalue weighted by Crippen LogP contribution is -2.53. The highest BCUT2D eigenvalue weighted by molar-refractivity contribution is 5.85. The molecule has 0 aromatic heterocycles. The fourth-order valence-corrected chi connectivity index (χ4v) is 6.11. The van der Waals surface area contributed by atoms with E-state index in [-0.39, 0.29) is 72.5 Å². The summed E-state index contributed by atoms with van der Waals surface area (Å²) in [4.78, 5) is 55.4. The van der Waals surface area contributed by atoms with Crippen molar-refractivity contribution in [3.8, 4) is 0 Å². The topological polar surface area (TPSA) is 108 Å². The number of benzene rings is 1. The van der Waals surface area contributed by atoms with Crippen LogP contribution in [-0.4, -0.2) is 84.9 Å². The van der Waals surface area contributed by atoms with Crippen LogP contribution in [0.4, 0.5) is 0 Å². The standard InChI is InChI=1S/C34H56N4O5/c1-9-24(4)33(37(7)32(41)22-35-30(39)18-23(2)3)29(43-8)21-31(40)38-17-13-16-28(38)19-25(5)34(42)36-26(6)20-27-14-11-10-12-15-27/h10-12,14-15,23-26,28-29,33H,9,13,16-22H2,1-8H3,(H,35,39)(H,36,42)/t24?,25?,26-,28+,29?,33?/m1/s1. The molecule has 2 rings (SSSR count). The molecule has 1 aliphatic rings. The first-order valence-electron chi connectivity index (χ1n) is 16.1. The van der Waals surface area contributed by atoms with Gasteiger partial charge in [-0.1, -0.05) is 71.4 Å². The Labute approximate surface area is 259 Å². The monoisotopic (exact) mass is 600 g/mol. The van der Waals surface area contributed by atoms with Crippen molar-refractivity contribution in [1.29, 1.82) is 0 Å². The van der Waals surface area contributed by atoms with Crippen molar-refractivity contribution in [3.63, 3.8) is 0 Å². The van der Waals surface area contributed by atoms with Gasteiger partial charge in [-0.05, 0) is 50.0 Å². The van der Waals surface area contributed by atoms with Gasteiger partial charge in [-0.3, -0.25) is 19.2 Å². The number of hydrogen-bond donors (Lipinski definition) is 2. The molecule has 4 amide bonds. The summed E-state index contributed by atoms with van der Waals surface area (Å²) in [6.45, 7) is 12.5. The van der Waals surface area contributed by atoms with E-state index in [4.69, 9.17) is 4.74 Å². The molecule has 0 bridgehead atoms. The normalized spacial score (nSPS) is 18.4. The minimum atomic E-state index is -0.497. The highest BCUT2D eigenvalue weighted by atomic mass is 16.5. The van der Waals surface area contributed by atoms with Crippen LogP contribution in [-0.2, 0) is 30.3 Å². The third kappa shape index (κ3) is 11.6. The highest BCUT2D eigenvalue weighted by Gasteiger charge is 2.37. The lowest BCUT2D eigenvalue weighted by atomic mass is 9.90. The first-order valence-corrected chi connectivity index (χ1v) is 16.1. The van der Waals surface area contributed by atoms with Gasteiger partial charge in [0, 0.05) is 45.1 Å². The Morgan fingerprint density at radius 1 is 1.05 bits per heavy atom. The largest absolute Gasteiger partial charge is 0.379 e. The maximum atomic E-state index is 13.7. The number of rotatable bonds is 17. The van der Waals surface area contributed by atoms with E-state index in [1.165, 1.54) is 5.56 Å². The zero-order valence-electron chi connectivity index (χ0n) is 27.7. The van der Waals surface area contributed by atoms with Gasteiger partial charge in [0.15, 0.2) is 0 Å². The van der Waals surface area contributed by atoms with E-state index in [0.29, 0.717) is 19.4 Å². The van der Waals surface area contributed by atoms with E-state index < -0.39 is 6.10 Å². The van der Waals surface area contributed by atoms with E-state index >= 15 is 0 Å². The first-order chi connectivity index (χ1) is 20.4. The molecule has 1 heterocycles. The van der Waals surface area contributed by atoms with E-state index in [1.807, 2.05) is 50.8 Å². The van der Waals surface area contributed by atoms with Crippen LogP contribution in [0.5, 0.6) is 0 Å². The van der Waals surface area contributed by atoms with Crippen LogP contribution in [0.2, 0.25) is 0 Å². The molecule has 1 saturated heterocycles. The third-order valence-electron chi connectivity index (χ3n) is 8.70. The molecule has 2 N–H and O–H groups in total. The summed E-state index contributed by atoms with van der Waals surface area (Å²) in [5.74, 6) is -0.305. The van der Waals surface area contributed by atoms with E-state index in [1.54, 1.807) is 19.1 Å². The molecule has 242 valence electrons. The Bertz CT molecular complexity index is 1030. The Morgan fingerprint density at radius 2 is 1.72 bits per heavy atom. The molecule has 4 unspecified atom stereocenters. The van der Waals surface area contributed by atoms with Gasteiger partial charge in [0.05, 0.1) is 25.1 Å².